The van der Waals surface area contributed by atoms with Gasteiger partial charge >= 0.3 is 0 Å². The molecule has 1 heterocycles. The van der Waals surface area contributed by atoms with Gasteiger partial charge in [-0.05, 0) is 29.8 Å². The van der Waals surface area contributed by atoms with Crippen LogP contribution in [-0.2, 0) is 0 Å². The van der Waals surface area contributed by atoms with Crippen LogP contribution in [0.5, 0.6) is 11.6 Å². The number of rotatable bonds is 3. The molecule has 3 nitrogen and oxygen atoms in total. The van der Waals surface area contributed by atoms with E-state index in [4.69, 9.17) is 21.1 Å². The first-order valence-corrected chi connectivity index (χ1v) is 5.47. The normalized spacial score (nSPS) is 10.1. The van der Waals surface area contributed by atoms with Crippen LogP contribution in [0.1, 0.15) is 0 Å². The van der Waals surface area contributed by atoms with Gasteiger partial charge in [0, 0.05) is 5.56 Å². The molecule has 1 aromatic heterocycles. The average molecular weight is 250 g/mol. The molecule has 0 aliphatic carbocycles. The number of hydrogen-bond acceptors (Lipinski definition) is 3. The average Bonchev–Trinajstić information content (AvgIpc) is 2.39. The van der Waals surface area contributed by atoms with E-state index in [2.05, 4.69) is 4.98 Å². The summed E-state index contributed by atoms with van der Waals surface area (Å²) in [5.41, 5.74) is 1.91. The Morgan fingerprint density at radius 3 is 2.24 bits per heavy atom. The number of aromatic nitrogens is 1. The lowest BCUT2D eigenvalue weighted by atomic mass is 10.1. The molecule has 0 bridgehead atoms. The third-order valence-electron chi connectivity index (χ3n) is 2.42. The molecule has 0 aliphatic heterocycles. The second-order valence-corrected chi connectivity index (χ2v) is 3.81. The zero-order valence-electron chi connectivity index (χ0n) is 9.61. The van der Waals surface area contributed by atoms with Crippen LogP contribution in [0.4, 0.5) is 0 Å². The lowest BCUT2D eigenvalue weighted by Crippen LogP contribution is -1.92. The fourth-order valence-electron chi connectivity index (χ4n) is 1.56. The Morgan fingerprint density at radius 2 is 1.65 bits per heavy atom. The summed E-state index contributed by atoms with van der Waals surface area (Å²) in [5.74, 6) is 1.33. The Labute approximate surface area is 105 Å². The Kier molecular flexibility index (Phi) is 3.49. The smallest absolute Gasteiger partial charge is 0.222 e. The minimum absolute atomic E-state index is 0.416. The van der Waals surface area contributed by atoms with Crippen LogP contribution < -0.4 is 9.47 Å². The summed E-state index contributed by atoms with van der Waals surface area (Å²) < 4.78 is 10.3. The molecule has 0 atom stereocenters. The summed E-state index contributed by atoms with van der Waals surface area (Å²) in [4.78, 5) is 4.12. The molecule has 0 aliphatic rings. The maximum atomic E-state index is 5.82. The van der Waals surface area contributed by atoms with Gasteiger partial charge < -0.3 is 9.47 Å². The highest BCUT2D eigenvalue weighted by Crippen LogP contribution is 2.30. The van der Waals surface area contributed by atoms with Crippen molar-refractivity contribution in [2.45, 2.75) is 0 Å². The van der Waals surface area contributed by atoms with Crippen LogP contribution in [0.15, 0.2) is 36.4 Å². The van der Waals surface area contributed by atoms with Gasteiger partial charge in [-0.25, -0.2) is 4.98 Å². The van der Waals surface area contributed by atoms with E-state index in [1.165, 1.54) is 0 Å². The summed E-state index contributed by atoms with van der Waals surface area (Å²) in [6, 6.07) is 11.3. The first-order chi connectivity index (χ1) is 8.24. The molecule has 2 rings (SSSR count). The number of nitrogens with zero attached hydrogens (tertiary/aromatic N) is 1. The molecule has 0 N–H and O–H groups in total. The summed E-state index contributed by atoms with van der Waals surface area (Å²) in [7, 11) is 3.21. The molecule has 4 heteroatoms. The van der Waals surface area contributed by atoms with Gasteiger partial charge in [-0.1, -0.05) is 23.7 Å². The number of benzene rings is 1. The molecule has 0 amide bonds. The van der Waals surface area contributed by atoms with Gasteiger partial charge in [-0.3, -0.25) is 0 Å². The van der Waals surface area contributed by atoms with Crippen molar-refractivity contribution in [3.8, 4) is 22.8 Å². The molecular formula is C13H12ClNO2. The van der Waals surface area contributed by atoms with Gasteiger partial charge in [-0.2, -0.15) is 0 Å². The summed E-state index contributed by atoms with van der Waals surface area (Å²) >= 11 is 5.82. The quantitative estimate of drug-likeness (QED) is 0.781. The molecule has 1 aromatic carbocycles. The van der Waals surface area contributed by atoms with Crippen LogP contribution in [0.25, 0.3) is 11.1 Å². The summed E-state index contributed by atoms with van der Waals surface area (Å²) in [6.45, 7) is 0. The van der Waals surface area contributed by atoms with Crippen LogP contribution in [0, 0.1) is 0 Å². The van der Waals surface area contributed by atoms with E-state index in [9.17, 15) is 0 Å². The van der Waals surface area contributed by atoms with Crippen LogP contribution >= 0.6 is 11.6 Å². The van der Waals surface area contributed by atoms with Crippen molar-refractivity contribution in [2.75, 3.05) is 14.2 Å². The molecule has 0 unspecified atom stereocenters. The first-order valence-electron chi connectivity index (χ1n) is 5.09. The molecule has 0 radical (unpaired) electrons. The highest BCUT2D eigenvalue weighted by Gasteiger charge is 2.07. The van der Waals surface area contributed by atoms with Crippen LogP contribution in [-0.4, -0.2) is 19.2 Å². The van der Waals surface area contributed by atoms with E-state index >= 15 is 0 Å². The van der Waals surface area contributed by atoms with Gasteiger partial charge in [0.05, 0.1) is 14.2 Å². The summed E-state index contributed by atoms with van der Waals surface area (Å²) in [6.07, 6.45) is 0. The minimum atomic E-state index is 0.416. The highest BCUT2D eigenvalue weighted by atomic mass is 35.5. The van der Waals surface area contributed by atoms with Crippen LogP contribution in [0.3, 0.4) is 0 Å². The number of halogens is 1. The Bertz CT molecular complexity index is 511. The van der Waals surface area contributed by atoms with Gasteiger partial charge in [0.1, 0.15) is 10.9 Å². The first kappa shape index (κ1) is 11.7. The Balaban J connectivity index is 2.44. The van der Waals surface area contributed by atoms with Crippen molar-refractivity contribution in [2.24, 2.45) is 0 Å². The number of hydrogen-bond donors (Lipinski definition) is 0. The zero-order chi connectivity index (χ0) is 12.3. The van der Waals surface area contributed by atoms with Crippen molar-refractivity contribution in [3.05, 3.63) is 41.6 Å². The maximum absolute atomic E-state index is 5.82. The van der Waals surface area contributed by atoms with Crippen molar-refractivity contribution < 1.29 is 9.47 Å². The standard InChI is InChI=1S/C13H12ClNO2/c1-16-10-5-3-9(4-6-10)11-7-8-12(14)15-13(11)17-2/h3-8H,1-2H3. The van der Waals surface area contributed by atoms with E-state index in [-0.39, 0.29) is 0 Å². The second-order valence-electron chi connectivity index (χ2n) is 3.42. The Morgan fingerprint density at radius 1 is 0.941 bits per heavy atom. The predicted molar refractivity (Wildman–Crippen MR) is 67.8 cm³/mol. The minimum Gasteiger partial charge on any atom is -0.497 e. The highest BCUT2D eigenvalue weighted by molar-refractivity contribution is 6.29. The van der Waals surface area contributed by atoms with Gasteiger partial charge in [-0.15, -0.1) is 0 Å². The molecule has 0 saturated carbocycles. The van der Waals surface area contributed by atoms with Crippen molar-refractivity contribution in [3.63, 3.8) is 0 Å². The molecule has 17 heavy (non-hydrogen) atoms. The van der Waals surface area contributed by atoms with E-state index < -0.39 is 0 Å². The number of pyridine rings is 1. The third-order valence-corrected chi connectivity index (χ3v) is 2.63. The molecule has 0 spiro atoms. The molecular weight excluding hydrogens is 238 g/mol. The summed E-state index contributed by atoms with van der Waals surface area (Å²) in [5, 5.41) is 0.416. The topological polar surface area (TPSA) is 31.4 Å². The van der Waals surface area contributed by atoms with E-state index in [1.54, 1.807) is 20.3 Å². The van der Waals surface area contributed by atoms with Gasteiger partial charge in [0.25, 0.3) is 0 Å². The molecule has 88 valence electrons. The Hall–Kier alpha value is -1.74. The molecule has 2 aromatic rings. The zero-order valence-corrected chi connectivity index (χ0v) is 10.4. The van der Waals surface area contributed by atoms with Crippen molar-refractivity contribution in [1.82, 2.24) is 4.98 Å². The number of methoxy groups -OCH3 is 2. The third kappa shape index (κ3) is 2.50. The van der Waals surface area contributed by atoms with E-state index in [0.717, 1.165) is 16.9 Å². The molecule has 0 saturated heterocycles. The predicted octanol–water partition coefficient (Wildman–Crippen LogP) is 3.42. The number of ether oxygens (including phenoxy) is 2. The molecule has 0 fully saturated rings. The monoisotopic (exact) mass is 249 g/mol. The van der Waals surface area contributed by atoms with Gasteiger partial charge in [0.2, 0.25) is 5.88 Å². The lowest BCUT2D eigenvalue weighted by molar-refractivity contribution is 0.399. The second kappa shape index (κ2) is 5.06. The largest absolute Gasteiger partial charge is 0.497 e. The van der Waals surface area contributed by atoms with Crippen molar-refractivity contribution >= 4 is 11.6 Å². The SMILES string of the molecule is COc1ccc(-c2ccc(Cl)nc2OC)cc1. The van der Waals surface area contributed by atoms with Crippen LogP contribution in [0.2, 0.25) is 5.15 Å². The fraction of sp³-hybridized carbons (Fsp3) is 0.154. The van der Waals surface area contributed by atoms with E-state index in [0.29, 0.717) is 11.0 Å². The fourth-order valence-corrected chi connectivity index (χ4v) is 1.70. The van der Waals surface area contributed by atoms with Gasteiger partial charge in [0.15, 0.2) is 0 Å². The van der Waals surface area contributed by atoms with E-state index in [1.807, 2.05) is 30.3 Å². The maximum Gasteiger partial charge on any atom is 0.222 e. The lowest BCUT2D eigenvalue weighted by Gasteiger charge is -2.08. The van der Waals surface area contributed by atoms with Crippen molar-refractivity contribution in [1.29, 1.82) is 0 Å².